The highest BCUT2D eigenvalue weighted by molar-refractivity contribution is 9.10. The van der Waals surface area contributed by atoms with Gasteiger partial charge in [-0.15, -0.1) is 11.3 Å². The number of anilines is 1. The molecule has 0 saturated heterocycles. The van der Waals surface area contributed by atoms with Gasteiger partial charge in [-0.05, 0) is 36.1 Å². The van der Waals surface area contributed by atoms with Crippen LogP contribution < -0.4 is 5.32 Å². The zero-order chi connectivity index (χ0) is 13.8. The van der Waals surface area contributed by atoms with Crippen LogP contribution in [0.25, 0.3) is 0 Å². The van der Waals surface area contributed by atoms with Crippen molar-refractivity contribution in [1.29, 1.82) is 0 Å². The van der Waals surface area contributed by atoms with Crippen LogP contribution in [0.1, 0.15) is 34.6 Å². The highest BCUT2D eigenvalue weighted by atomic mass is 79.9. The summed E-state index contributed by atoms with van der Waals surface area (Å²) in [6.07, 6.45) is 0.940. The molecule has 2 aromatic rings. The summed E-state index contributed by atoms with van der Waals surface area (Å²) in [6.45, 7) is 2.10. The van der Waals surface area contributed by atoms with E-state index in [2.05, 4.69) is 34.2 Å². The van der Waals surface area contributed by atoms with Crippen LogP contribution in [0.4, 0.5) is 5.69 Å². The van der Waals surface area contributed by atoms with E-state index in [9.17, 15) is 4.79 Å². The van der Waals surface area contributed by atoms with Gasteiger partial charge in [0.15, 0.2) is 0 Å². The summed E-state index contributed by atoms with van der Waals surface area (Å²) < 4.78 is 0.760. The molecule has 1 heterocycles. The van der Waals surface area contributed by atoms with E-state index in [0.29, 0.717) is 0 Å². The van der Waals surface area contributed by atoms with Gasteiger partial charge in [0.2, 0.25) is 0 Å². The lowest BCUT2D eigenvalue weighted by atomic mass is 10.1. The Morgan fingerprint density at radius 2 is 2.26 bits per heavy atom. The summed E-state index contributed by atoms with van der Waals surface area (Å²) in [5, 5.41) is 14.5. The van der Waals surface area contributed by atoms with Gasteiger partial charge in [-0.2, -0.15) is 0 Å². The Morgan fingerprint density at radius 1 is 1.47 bits per heavy atom. The number of halogens is 1. The Kier molecular flexibility index (Phi) is 4.61. The number of aromatic carboxylic acids is 1. The molecule has 0 fully saturated rings. The molecule has 2 rings (SSSR count). The van der Waals surface area contributed by atoms with Gasteiger partial charge < -0.3 is 10.4 Å². The third-order valence-electron chi connectivity index (χ3n) is 2.78. The highest BCUT2D eigenvalue weighted by Crippen LogP contribution is 2.28. The first-order chi connectivity index (χ1) is 9.10. The number of carbonyl (C=O) groups is 1. The predicted octanol–water partition coefficient (Wildman–Crippen LogP) is 4.77. The molecule has 0 amide bonds. The Bertz CT molecular complexity index is 569. The summed E-state index contributed by atoms with van der Waals surface area (Å²) in [5.74, 6) is -0.923. The smallest absolute Gasteiger partial charge is 0.335 e. The zero-order valence-corrected chi connectivity index (χ0v) is 12.8. The lowest BCUT2D eigenvalue weighted by Gasteiger charge is -2.17. The van der Waals surface area contributed by atoms with Crippen LogP contribution in [0, 0.1) is 0 Å². The second-order valence-corrected chi connectivity index (χ2v) is 6.05. The molecule has 5 heteroatoms. The van der Waals surface area contributed by atoms with Gasteiger partial charge in [-0.25, -0.2) is 4.79 Å². The number of rotatable bonds is 5. The van der Waals surface area contributed by atoms with E-state index in [1.54, 1.807) is 23.5 Å². The molecule has 1 unspecified atom stereocenters. The highest BCUT2D eigenvalue weighted by Gasteiger charge is 2.12. The van der Waals surface area contributed by atoms with Crippen LogP contribution in [0.2, 0.25) is 0 Å². The van der Waals surface area contributed by atoms with Crippen LogP contribution in [-0.4, -0.2) is 11.1 Å². The number of carboxylic acid groups (broad SMARTS) is 1. The van der Waals surface area contributed by atoms with E-state index < -0.39 is 5.97 Å². The van der Waals surface area contributed by atoms with Crippen molar-refractivity contribution in [3.05, 3.63) is 50.6 Å². The Hall–Kier alpha value is -1.33. The fraction of sp³-hybridized carbons (Fsp3) is 0.214. The average molecular weight is 340 g/mol. The van der Waals surface area contributed by atoms with Crippen molar-refractivity contribution in [3.8, 4) is 0 Å². The zero-order valence-electron chi connectivity index (χ0n) is 10.4. The van der Waals surface area contributed by atoms with Crippen LogP contribution in [0.3, 0.4) is 0 Å². The van der Waals surface area contributed by atoms with E-state index in [-0.39, 0.29) is 11.6 Å². The van der Waals surface area contributed by atoms with Crippen molar-refractivity contribution >= 4 is 38.9 Å². The summed E-state index contributed by atoms with van der Waals surface area (Å²) in [4.78, 5) is 12.3. The first kappa shape index (κ1) is 14.1. The minimum atomic E-state index is -0.923. The van der Waals surface area contributed by atoms with Crippen molar-refractivity contribution in [3.63, 3.8) is 0 Å². The number of thiophene rings is 1. The Morgan fingerprint density at radius 3 is 2.84 bits per heavy atom. The maximum Gasteiger partial charge on any atom is 0.335 e. The third-order valence-corrected chi connectivity index (χ3v) is 4.22. The lowest BCUT2D eigenvalue weighted by Crippen LogP contribution is -2.09. The summed E-state index contributed by atoms with van der Waals surface area (Å²) in [5.41, 5.74) is 1.09. The largest absolute Gasteiger partial charge is 0.478 e. The van der Waals surface area contributed by atoms with Crippen molar-refractivity contribution in [1.82, 2.24) is 0 Å². The SMILES string of the molecule is CCC(Nc1cc(Br)cc(C(=O)O)c1)c1cccs1. The summed E-state index contributed by atoms with van der Waals surface area (Å²) >= 11 is 5.04. The molecule has 0 bridgehead atoms. The third kappa shape index (κ3) is 3.58. The van der Waals surface area contributed by atoms with Crippen LogP contribution in [0.15, 0.2) is 40.2 Å². The topological polar surface area (TPSA) is 49.3 Å². The van der Waals surface area contributed by atoms with Crippen molar-refractivity contribution < 1.29 is 9.90 Å². The second-order valence-electron chi connectivity index (χ2n) is 4.15. The molecule has 0 aliphatic rings. The van der Waals surface area contributed by atoms with Gasteiger partial charge in [0.1, 0.15) is 0 Å². The van der Waals surface area contributed by atoms with E-state index in [1.807, 2.05) is 17.5 Å². The first-order valence-corrected chi connectivity index (χ1v) is 7.61. The van der Waals surface area contributed by atoms with E-state index in [0.717, 1.165) is 16.6 Å². The Balaban J connectivity index is 2.24. The van der Waals surface area contributed by atoms with Crippen molar-refractivity contribution in [2.45, 2.75) is 19.4 Å². The average Bonchev–Trinajstić information content (AvgIpc) is 2.89. The van der Waals surface area contributed by atoms with Crippen LogP contribution in [0.5, 0.6) is 0 Å². The number of benzene rings is 1. The molecule has 0 aliphatic heterocycles. The molecule has 0 radical (unpaired) electrons. The molecular weight excluding hydrogens is 326 g/mol. The molecule has 0 spiro atoms. The Labute approximate surface area is 124 Å². The standard InChI is InChI=1S/C14H14BrNO2S/c1-2-12(13-4-3-5-19-13)16-11-7-9(14(17)18)6-10(15)8-11/h3-8,12,16H,2H2,1H3,(H,17,18). The molecule has 0 saturated carbocycles. The van der Waals surface area contributed by atoms with Gasteiger partial charge in [0, 0.05) is 15.0 Å². The van der Waals surface area contributed by atoms with Crippen LogP contribution >= 0.6 is 27.3 Å². The van der Waals surface area contributed by atoms with Gasteiger partial charge in [-0.1, -0.05) is 28.9 Å². The maximum atomic E-state index is 11.0. The summed E-state index contributed by atoms with van der Waals surface area (Å²) in [6, 6.07) is 9.46. The number of carboxylic acids is 1. The second kappa shape index (κ2) is 6.21. The quantitative estimate of drug-likeness (QED) is 0.824. The predicted molar refractivity (Wildman–Crippen MR) is 82.1 cm³/mol. The molecule has 3 nitrogen and oxygen atoms in total. The monoisotopic (exact) mass is 339 g/mol. The van der Waals surface area contributed by atoms with E-state index in [1.165, 1.54) is 4.88 Å². The maximum absolute atomic E-state index is 11.0. The fourth-order valence-corrected chi connectivity index (χ4v) is 3.22. The lowest BCUT2D eigenvalue weighted by molar-refractivity contribution is 0.0697. The summed E-state index contributed by atoms with van der Waals surface area (Å²) in [7, 11) is 0. The van der Waals surface area contributed by atoms with Crippen molar-refractivity contribution in [2.24, 2.45) is 0 Å². The molecule has 1 aromatic heterocycles. The molecule has 1 atom stereocenters. The molecular formula is C14H14BrNO2S. The number of hydrogen-bond acceptors (Lipinski definition) is 3. The van der Waals surface area contributed by atoms with E-state index >= 15 is 0 Å². The number of nitrogens with one attached hydrogen (secondary N) is 1. The van der Waals surface area contributed by atoms with Crippen LogP contribution in [-0.2, 0) is 0 Å². The fourth-order valence-electron chi connectivity index (χ4n) is 1.86. The number of hydrogen-bond donors (Lipinski definition) is 2. The molecule has 100 valence electrons. The minimum absolute atomic E-state index is 0.205. The van der Waals surface area contributed by atoms with Gasteiger partial charge in [0.05, 0.1) is 11.6 Å². The minimum Gasteiger partial charge on any atom is -0.478 e. The van der Waals surface area contributed by atoms with Gasteiger partial charge in [0.25, 0.3) is 0 Å². The van der Waals surface area contributed by atoms with Gasteiger partial charge >= 0.3 is 5.97 Å². The molecule has 1 aromatic carbocycles. The molecule has 0 aliphatic carbocycles. The van der Waals surface area contributed by atoms with Gasteiger partial charge in [-0.3, -0.25) is 0 Å². The first-order valence-electron chi connectivity index (χ1n) is 5.94. The molecule has 2 N–H and O–H groups in total. The van der Waals surface area contributed by atoms with E-state index in [4.69, 9.17) is 5.11 Å². The normalized spacial score (nSPS) is 12.1. The van der Waals surface area contributed by atoms with Crippen molar-refractivity contribution in [2.75, 3.05) is 5.32 Å². The molecule has 19 heavy (non-hydrogen) atoms.